The Morgan fingerprint density at radius 2 is 2.05 bits per heavy atom. The first-order chi connectivity index (χ1) is 10.0. The SMILES string of the molecule is Cc1ccncc1CNC(=O)NCC1(C(=O)O)CCCC1. The number of carbonyl (C=O) groups is 2. The predicted octanol–water partition coefficient (Wildman–Crippen LogP) is 1.83. The van der Waals surface area contributed by atoms with Gasteiger partial charge in [-0.2, -0.15) is 0 Å². The topological polar surface area (TPSA) is 91.3 Å². The lowest BCUT2D eigenvalue weighted by Gasteiger charge is -2.24. The number of aryl methyl sites for hydroxylation is 1. The first kappa shape index (κ1) is 15.3. The molecular formula is C15H21N3O3. The number of carboxylic acids is 1. The Labute approximate surface area is 124 Å². The summed E-state index contributed by atoms with van der Waals surface area (Å²) < 4.78 is 0. The van der Waals surface area contributed by atoms with Crippen molar-refractivity contribution in [2.75, 3.05) is 6.54 Å². The van der Waals surface area contributed by atoms with Gasteiger partial charge in [0, 0.05) is 25.5 Å². The molecule has 0 spiro atoms. The summed E-state index contributed by atoms with van der Waals surface area (Å²) in [6, 6.07) is 1.54. The summed E-state index contributed by atoms with van der Waals surface area (Å²) in [5, 5.41) is 14.8. The summed E-state index contributed by atoms with van der Waals surface area (Å²) in [6.45, 7) is 2.51. The van der Waals surface area contributed by atoms with Crippen LogP contribution in [0.5, 0.6) is 0 Å². The lowest BCUT2D eigenvalue weighted by atomic mass is 9.86. The summed E-state index contributed by atoms with van der Waals surface area (Å²) in [7, 11) is 0. The second kappa shape index (κ2) is 6.56. The number of hydrogen-bond donors (Lipinski definition) is 3. The first-order valence-electron chi connectivity index (χ1n) is 7.18. The molecule has 1 aromatic rings. The average molecular weight is 291 g/mol. The number of aliphatic carboxylic acids is 1. The molecule has 1 saturated carbocycles. The van der Waals surface area contributed by atoms with E-state index in [1.54, 1.807) is 12.4 Å². The van der Waals surface area contributed by atoms with Gasteiger partial charge in [0.05, 0.1) is 5.41 Å². The van der Waals surface area contributed by atoms with Gasteiger partial charge in [-0.1, -0.05) is 12.8 Å². The molecule has 2 amide bonds. The van der Waals surface area contributed by atoms with Crippen molar-refractivity contribution >= 4 is 12.0 Å². The van der Waals surface area contributed by atoms with Crippen LogP contribution >= 0.6 is 0 Å². The van der Waals surface area contributed by atoms with Crippen LogP contribution in [0.25, 0.3) is 0 Å². The maximum Gasteiger partial charge on any atom is 0.315 e. The standard InChI is InChI=1S/C15H21N3O3/c1-11-4-7-16-8-12(11)9-17-14(21)18-10-15(13(19)20)5-2-3-6-15/h4,7-8H,2-3,5-6,9-10H2,1H3,(H,19,20)(H2,17,18,21). The van der Waals surface area contributed by atoms with Crippen LogP contribution in [-0.2, 0) is 11.3 Å². The summed E-state index contributed by atoms with van der Waals surface area (Å²) in [6.07, 6.45) is 6.49. The van der Waals surface area contributed by atoms with E-state index in [2.05, 4.69) is 15.6 Å². The average Bonchev–Trinajstić information content (AvgIpc) is 2.94. The van der Waals surface area contributed by atoms with E-state index in [-0.39, 0.29) is 12.6 Å². The van der Waals surface area contributed by atoms with Crippen molar-refractivity contribution in [3.05, 3.63) is 29.6 Å². The van der Waals surface area contributed by atoms with Crippen molar-refractivity contribution in [2.45, 2.75) is 39.2 Å². The molecule has 21 heavy (non-hydrogen) atoms. The smallest absolute Gasteiger partial charge is 0.315 e. The Morgan fingerprint density at radius 3 is 2.67 bits per heavy atom. The van der Waals surface area contributed by atoms with Crippen molar-refractivity contribution in [1.82, 2.24) is 15.6 Å². The number of pyridine rings is 1. The Balaban J connectivity index is 1.82. The number of amides is 2. The molecule has 0 saturated heterocycles. The van der Waals surface area contributed by atoms with Crippen LogP contribution in [0.3, 0.4) is 0 Å². The van der Waals surface area contributed by atoms with E-state index < -0.39 is 11.4 Å². The van der Waals surface area contributed by atoms with Crippen LogP contribution in [0.2, 0.25) is 0 Å². The van der Waals surface area contributed by atoms with E-state index in [9.17, 15) is 14.7 Å². The number of nitrogens with one attached hydrogen (secondary N) is 2. The zero-order valence-corrected chi connectivity index (χ0v) is 12.2. The number of aromatic nitrogens is 1. The number of hydrogen-bond acceptors (Lipinski definition) is 3. The molecule has 1 aromatic heterocycles. The van der Waals surface area contributed by atoms with Gasteiger partial charge in [-0.3, -0.25) is 9.78 Å². The number of urea groups is 1. The van der Waals surface area contributed by atoms with Gasteiger partial charge in [0.15, 0.2) is 0 Å². The van der Waals surface area contributed by atoms with Crippen molar-refractivity contribution in [3.8, 4) is 0 Å². The molecule has 6 nitrogen and oxygen atoms in total. The van der Waals surface area contributed by atoms with E-state index in [0.29, 0.717) is 19.4 Å². The highest BCUT2D eigenvalue weighted by Gasteiger charge is 2.41. The predicted molar refractivity (Wildman–Crippen MR) is 77.7 cm³/mol. The number of carbonyl (C=O) groups excluding carboxylic acids is 1. The van der Waals surface area contributed by atoms with E-state index in [1.165, 1.54) is 0 Å². The van der Waals surface area contributed by atoms with Gasteiger partial charge < -0.3 is 15.7 Å². The van der Waals surface area contributed by atoms with E-state index in [1.807, 2.05) is 13.0 Å². The van der Waals surface area contributed by atoms with E-state index in [0.717, 1.165) is 24.0 Å². The fourth-order valence-corrected chi connectivity index (χ4v) is 2.69. The number of nitrogens with zero attached hydrogens (tertiary/aromatic N) is 1. The lowest BCUT2D eigenvalue weighted by Crippen LogP contribution is -2.44. The minimum atomic E-state index is -0.816. The lowest BCUT2D eigenvalue weighted by molar-refractivity contribution is -0.148. The zero-order valence-electron chi connectivity index (χ0n) is 12.2. The Morgan fingerprint density at radius 1 is 1.33 bits per heavy atom. The Kier molecular flexibility index (Phi) is 4.77. The molecule has 6 heteroatoms. The van der Waals surface area contributed by atoms with Crippen LogP contribution in [0.4, 0.5) is 4.79 Å². The van der Waals surface area contributed by atoms with E-state index in [4.69, 9.17) is 0 Å². The minimum absolute atomic E-state index is 0.181. The molecule has 0 bridgehead atoms. The third-order valence-electron chi connectivity index (χ3n) is 4.19. The molecule has 0 unspecified atom stereocenters. The fraction of sp³-hybridized carbons (Fsp3) is 0.533. The summed E-state index contributed by atoms with van der Waals surface area (Å²) in [5.74, 6) is -0.816. The normalized spacial score (nSPS) is 16.4. The number of rotatable bonds is 5. The Bertz CT molecular complexity index is 525. The molecule has 2 rings (SSSR count). The highest BCUT2D eigenvalue weighted by molar-refractivity contribution is 5.78. The van der Waals surface area contributed by atoms with Crippen molar-refractivity contribution in [2.24, 2.45) is 5.41 Å². The van der Waals surface area contributed by atoms with Gasteiger partial charge in [-0.05, 0) is 37.0 Å². The molecule has 1 aliphatic rings. The fourth-order valence-electron chi connectivity index (χ4n) is 2.69. The summed E-state index contributed by atoms with van der Waals surface area (Å²) in [5.41, 5.74) is 1.21. The monoisotopic (exact) mass is 291 g/mol. The highest BCUT2D eigenvalue weighted by Crippen LogP contribution is 2.37. The minimum Gasteiger partial charge on any atom is -0.481 e. The van der Waals surface area contributed by atoms with Crippen molar-refractivity contribution < 1.29 is 14.7 Å². The maximum atomic E-state index is 11.8. The van der Waals surface area contributed by atoms with Crippen LogP contribution < -0.4 is 10.6 Å². The van der Waals surface area contributed by atoms with Gasteiger partial charge in [0.1, 0.15) is 0 Å². The van der Waals surface area contributed by atoms with Gasteiger partial charge in [-0.25, -0.2) is 4.79 Å². The number of carboxylic acid groups (broad SMARTS) is 1. The van der Waals surface area contributed by atoms with Crippen LogP contribution in [-0.4, -0.2) is 28.6 Å². The van der Waals surface area contributed by atoms with Gasteiger partial charge in [0.25, 0.3) is 0 Å². The maximum absolute atomic E-state index is 11.8. The second-order valence-corrected chi connectivity index (χ2v) is 5.63. The molecular weight excluding hydrogens is 270 g/mol. The molecule has 3 N–H and O–H groups in total. The molecule has 0 atom stereocenters. The third kappa shape index (κ3) is 3.71. The Hall–Kier alpha value is -2.11. The van der Waals surface area contributed by atoms with E-state index >= 15 is 0 Å². The van der Waals surface area contributed by atoms with Gasteiger partial charge in [0.2, 0.25) is 0 Å². The molecule has 1 aliphatic carbocycles. The molecule has 0 radical (unpaired) electrons. The van der Waals surface area contributed by atoms with Crippen LogP contribution in [0.15, 0.2) is 18.5 Å². The zero-order chi connectivity index (χ0) is 15.3. The van der Waals surface area contributed by atoms with Crippen LogP contribution in [0, 0.1) is 12.3 Å². The quantitative estimate of drug-likeness (QED) is 0.772. The summed E-state index contributed by atoms with van der Waals surface area (Å²) in [4.78, 5) is 27.2. The van der Waals surface area contributed by atoms with Crippen LogP contribution in [0.1, 0.15) is 36.8 Å². The van der Waals surface area contributed by atoms with Gasteiger partial charge >= 0.3 is 12.0 Å². The molecule has 0 aliphatic heterocycles. The molecule has 0 aromatic carbocycles. The summed E-state index contributed by atoms with van der Waals surface area (Å²) >= 11 is 0. The van der Waals surface area contributed by atoms with Gasteiger partial charge in [-0.15, -0.1) is 0 Å². The molecule has 1 fully saturated rings. The first-order valence-corrected chi connectivity index (χ1v) is 7.18. The molecule has 1 heterocycles. The largest absolute Gasteiger partial charge is 0.481 e. The van der Waals surface area contributed by atoms with Crippen molar-refractivity contribution in [1.29, 1.82) is 0 Å². The van der Waals surface area contributed by atoms with Crippen molar-refractivity contribution in [3.63, 3.8) is 0 Å². The molecule has 114 valence electrons. The second-order valence-electron chi connectivity index (χ2n) is 5.63. The highest BCUT2D eigenvalue weighted by atomic mass is 16.4. The third-order valence-corrected chi connectivity index (χ3v) is 4.19.